The smallest absolute Gasteiger partial charge is 0.125 e. The molecule has 0 radical (unpaired) electrons. The molecule has 1 aliphatic rings. The molecule has 1 aliphatic heterocycles. The Labute approximate surface area is 91.6 Å². The van der Waals surface area contributed by atoms with Crippen molar-refractivity contribution in [2.24, 2.45) is 0 Å². The van der Waals surface area contributed by atoms with Gasteiger partial charge in [0, 0.05) is 6.54 Å². The van der Waals surface area contributed by atoms with Crippen LogP contribution in [-0.2, 0) is 0 Å². The zero-order valence-corrected chi connectivity index (χ0v) is 9.76. The molecule has 0 aromatic heterocycles. The molecule has 2 nitrogen and oxygen atoms in total. The van der Waals surface area contributed by atoms with Crippen molar-refractivity contribution in [3.63, 3.8) is 0 Å². The Morgan fingerprint density at radius 2 is 1.87 bits per heavy atom. The Morgan fingerprint density at radius 1 is 1.20 bits per heavy atom. The van der Waals surface area contributed by atoms with Crippen LogP contribution in [0.5, 0.6) is 5.75 Å². The molecular weight excluding hydrogens is 186 g/mol. The molecule has 1 fully saturated rings. The lowest BCUT2D eigenvalue weighted by molar-refractivity contribution is 0.220. The molecule has 1 heterocycles. The fraction of sp³-hybridized carbons (Fsp3) is 0.538. The standard InChI is InChI=1S/C13H19NO/c1-9-6-10(2)13(11(3)7-9)15-12-4-5-14-8-12/h6-7,12,14H,4-5,8H2,1-3H3/t12-/m0/s1. The van der Waals surface area contributed by atoms with Crippen LogP contribution in [0.2, 0.25) is 0 Å². The highest BCUT2D eigenvalue weighted by Crippen LogP contribution is 2.26. The molecule has 0 spiro atoms. The Hall–Kier alpha value is -1.02. The quantitative estimate of drug-likeness (QED) is 0.800. The summed E-state index contributed by atoms with van der Waals surface area (Å²) in [5, 5.41) is 3.32. The van der Waals surface area contributed by atoms with Gasteiger partial charge in [-0.1, -0.05) is 17.7 Å². The summed E-state index contributed by atoms with van der Waals surface area (Å²) in [7, 11) is 0. The van der Waals surface area contributed by atoms with Crippen molar-refractivity contribution in [1.29, 1.82) is 0 Å². The first-order valence-electron chi connectivity index (χ1n) is 5.62. The minimum Gasteiger partial charge on any atom is -0.489 e. The maximum atomic E-state index is 6.03. The molecule has 15 heavy (non-hydrogen) atoms. The fourth-order valence-corrected chi connectivity index (χ4v) is 2.25. The first kappa shape index (κ1) is 10.5. The van der Waals surface area contributed by atoms with E-state index in [0.717, 1.165) is 25.3 Å². The number of hydrogen-bond acceptors (Lipinski definition) is 2. The van der Waals surface area contributed by atoms with Crippen molar-refractivity contribution < 1.29 is 4.74 Å². The first-order chi connectivity index (χ1) is 7.16. The molecule has 0 bridgehead atoms. The highest BCUT2D eigenvalue weighted by atomic mass is 16.5. The van der Waals surface area contributed by atoms with Gasteiger partial charge >= 0.3 is 0 Å². The zero-order chi connectivity index (χ0) is 10.8. The van der Waals surface area contributed by atoms with E-state index < -0.39 is 0 Å². The van der Waals surface area contributed by atoms with Gasteiger partial charge in [-0.25, -0.2) is 0 Å². The monoisotopic (exact) mass is 205 g/mol. The topological polar surface area (TPSA) is 21.3 Å². The van der Waals surface area contributed by atoms with Gasteiger partial charge in [0.1, 0.15) is 11.9 Å². The van der Waals surface area contributed by atoms with Crippen LogP contribution in [0, 0.1) is 20.8 Å². The maximum absolute atomic E-state index is 6.03. The van der Waals surface area contributed by atoms with Gasteiger partial charge < -0.3 is 10.1 Å². The molecule has 0 unspecified atom stereocenters. The van der Waals surface area contributed by atoms with Crippen LogP contribution in [0.15, 0.2) is 12.1 Å². The average Bonchev–Trinajstić information content (AvgIpc) is 2.63. The van der Waals surface area contributed by atoms with Crippen molar-refractivity contribution in [3.05, 3.63) is 28.8 Å². The summed E-state index contributed by atoms with van der Waals surface area (Å²) in [6.07, 6.45) is 1.47. The van der Waals surface area contributed by atoms with Crippen molar-refractivity contribution in [1.82, 2.24) is 5.32 Å². The lowest BCUT2D eigenvalue weighted by atomic mass is 10.1. The number of hydrogen-bond donors (Lipinski definition) is 1. The van der Waals surface area contributed by atoms with Gasteiger partial charge in [0.2, 0.25) is 0 Å². The summed E-state index contributed by atoms with van der Waals surface area (Å²) in [4.78, 5) is 0. The Balaban J connectivity index is 2.19. The Morgan fingerprint density at radius 3 is 2.40 bits per heavy atom. The van der Waals surface area contributed by atoms with Gasteiger partial charge in [-0.15, -0.1) is 0 Å². The highest BCUT2D eigenvalue weighted by molar-refractivity contribution is 5.43. The third kappa shape index (κ3) is 2.32. The predicted molar refractivity (Wildman–Crippen MR) is 62.6 cm³/mol. The van der Waals surface area contributed by atoms with Crippen LogP contribution < -0.4 is 10.1 Å². The Bertz CT molecular complexity index is 331. The molecule has 1 N–H and O–H groups in total. The second-order valence-corrected chi connectivity index (χ2v) is 4.46. The molecule has 0 saturated carbocycles. The molecular formula is C13H19NO. The summed E-state index contributed by atoms with van der Waals surface area (Å²) in [5.41, 5.74) is 3.81. The van der Waals surface area contributed by atoms with Gasteiger partial charge in [-0.3, -0.25) is 0 Å². The summed E-state index contributed by atoms with van der Waals surface area (Å²) >= 11 is 0. The summed E-state index contributed by atoms with van der Waals surface area (Å²) in [6.45, 7) is 8.43. The van der Waals surface area contributed by atoms with E-state index in [1.165, 1.54) is 16.7 Å². The van der Waals surface area contributed by atoms with Gasteiger partial charge in [0.15, 0.2) is 0 Å². The minimum atomic E-state index is 0.352. The Kier molecular flexibility index (Phi) is 2.96. The van der Waals surface area contributed by atoms with Crippen LogP contribution in [0.4, 0.5) is 0 Å². The summed E-state index contributed by atoms with van der Waals surface area (Å²) < 4.78 is 6.03. The van der Waals surface area contributed by atoms with Crippen LogP contribution in [0.25, 0.3) is 0 Å². The van der Waals surface area contributed by atoms with Crippen molar-refractivity contribution >= 4 is 0 Å². The van der Waals surface area contributed by atoms with E-state index in [0.29, 0.717) is 6.10 Å². The SMILES string of the molecule is Cc1cc(C)c(O[C@H]2CCNC2)c(C)c1. The second-order valence-electron chi connectivity index (χ2n) is 4.46. The molecule has 1 aromatic carbocycles. The van der Waals surface area contributed by atoms with E-state index in [1.54, 1.807) is 0 Å². The van der Waals surface area contributed by atoms with E-state index >= 15 is 0 Å². The molecule has 2 rings (SSSR count). The third-order valence-electron chi connectivity index (χ3n) is 2.90. The van der Waals surface area contributed by atoms with Gasteiger partial charge in [0.05, 0.1) is 0 Å². The van der Waals surface area contributed by atoms with E-state index in [-0.39, 0.29) is 0 Å². The van der Waals surface area contributed by atoms with Gasteiger partial charge in [0.25, 0.3) is 0 Å². The number of aryl methyl sites for hydroxylation is 3. The zero-order valence-electron chi connectivity index (χ0n) is 9.76. The minimum absolute atomic E-state index is 0.352. The van der Waals surface area contributed by atoms with E-state index in [2.05, 4.69) is 38.2 Å². The van der Waals surface area contributed by atoms with Crippen LogP contribution in [0.3, 0.4) is 0 Å². The molecule has 0 amide bonds. The lowest BCUT2D eigenvalue weighted by Gasteiger charge is -2.17. The molecule has 82 valence electrons. The van der Waals surface area contributed by atoms with Crippen LogP contribution in [-0.4, -0.2) is 19.2 Å². The van der Waals surface area contributed by atoms with E-state index in [4.69, 9.17) is 4.74 Å². The fourth-order valence-electron chi connectivity index (χ4n) is 2.25. The highest BCUT2D eigenvalue weighted by Gasteiger charge is 2.17. The van der Waals surface area contributed by atoms with E-state index in [9.17, 15) is 0 Å². The molecule has 2 heteroatoms. The normalized spacial score (nSPS) is 20.6. The maximum Gasteiger partial charge on any atom is 0.125 e. The number of rotatable bonds is 2. The first-order valence-corrected chi connectivity index (χ1v) is 5.62. The summed E-state index contributed by atoms with van der Waals surface area (Å²) in [5.74, 6) is 1.08. The van der Waals surface area contributed by atoms with Gasteiger partial charge in [-0.2, -0.15) is 0 Å². The number of benzene rings is 1. The van der Waals surface area contributed by atoms with Crippen LogP contribution >= 0.6 is 0 Å². The van der Waals surface area contributed by atoms with Crippen molar-refractivity contribution in [2.75, 3.05) is 13.1 Å². The molecule has 0 aliphatic carbocycles. The van der Waals surface area contributed by atoms with Crippen molar-refractivity contribution in [3.8, 4) is 5.75 Å². The van der Waals surface area contributed by atoms with Crippen molar-refractivity contribution in [2.45, 2.75) is 33.3 Å². The molecule has 1 saturated heterocycles. The van der Waals surface area contributed by atoms with E-state index in [1.807, 2.05) is 0 Å². The second kappa shape index (κ2) is 4.23. The number of nitrogens with one attached hydrogen (secondary N) is 1. The predicted octanol–water partition coefficient (Wildman–Crippen LogP) is 2.35. The molecule has 1 aromatic rings. The lowest BCUT2D eigenvalue weighted by Crippen LogP contribution is -2.20. The van der Waals surface area contributed by atoms with Gasteiger partial charge in [-0.05, 0) is 44.9 Å². The van der Waals surface area contributed by atoms with Crippen LogP contribution in [0.1, 0.15) is 23.1 Å². The summed E-state index contributed by atoms with van der Waals surface area (Å²) in [6, 6.07) is 4.37. The average molecular weight is 205 g/mol. The molecule has 1 atom stereocenters. The third-order valence-corrected chi connectivity index (χ3v) is 2.90. The largest absolute Gasteiger partial charge is 0.489 e. The number of ether oxygens (including phenoxy) is 1.